The minimum Gasteiger partial charge on any atom is -0.481 e. The Morgan fingerprint density at radius 3 is 2.11 bits per heavy atom. The molecule has 0 spiro atoms. The highest BCUT2D eigenvalue weighted by Gasteiger charge is 2.31. The van der Waals surface area contributed by atoms with E-state index in [0.29, 0.717) is 5.82 Å². The molecule has 0 fully saturated rings. The van der Waals surface area contributed by atoms with Crippen LogP contribution >= 0.6 is 22.6 Å². The van der Waals surface area contributed by atoms with Gasteiger partial charge in [0.2, 0.25) is 16.9 Å². The maximum absolute atomic E-state index is 13.3. The summed E-state index contributed by atoms with van der Waals surface area (Å²) in [4.78, 5) is 31.0. The van der Waals surface area contributed by atoms with Crippen molar-refractivity contribution in [1.82, 2.24) is 14.9 Å². The van der Waals surface area contributed by atoms with Gasteiger partial charge in [-0.2, -0.15) is 0 Å². The Hall–Kier alpha value is -4.38. The average molecular weight is 704 g/mol. The van der Waals surface area contributed by atoms with Crippen LogP contribution in [0.15, 0.2) is 119 Å². The highest BCUT2D eigenvalue weighted by Crippen LogP contribution is 2.33. The standard InChI is InChI=1S/C35H34IN3O5/c1-35(2,3)44-34(41)38-27(30(25-15-9-5-10-16-25)26-17-11-6-12-18-26)22-39-29(36)21-37-33(39)32-31(28(40)19-20-42-32)43-23-24-13-7-4-8-14-24/h4-21,27,30H,22-23H2,1-3H3,(H,38,41)/t27-/m1/s1. The second-order valence-corrected chi connectivity index (χ2v) is 12.4. The van der Waals surface area contributed by atoms with E-state index in [4.69, 9.17) is 13.9 Å². The number of hydrogen-bond acceptors (Lipinski definition) is 6. The number of nitrogens with zero attached hydrogens (tertiary/aromatic N) is 2. The van der Waals surface area contributed by atoms with Crippen molar-refractivity contribution in [2.75, 3.05) is 0 Å². The number of amides is 1. The Bertz CT molecular complexity index is 1690. The predicted molar refractivity (Wildman–Crippen MR) is 178 cm³/mol. The number of benzene rings is 3. The Labute approximate surface area is 270 Å². The third-order valence-corrected chi connectivity index (χ3v) is 7.73. The second kappa shape index (κ2) is 13.9. The van der Waals surface area contributed by atoms with Crippen LogP contribution in [0.4, 0.5) is 4.79 Å². The number of halogens is 1. The van der Waals surface area contributed by atoms with Crippen LogP contribution in [0.5, 0.6) is 5.75 Å². The number of alkyl carbamates (subject to hydrolysis) is 1. The number of nitrogens with one attached hydrogen (secondary N) is 1. The average Bonchev–Trinajstić information content (AvgIpc) is 3.36. The fourth-order valence-corrected chi connectivity index (χ4v) is 5.57. The maximum Gasteiger partial charge on any atom is 0.407 e. The van der Waals surface area contributed by atoms with Crippen molar-refractivity contribution in [1.29, 1.82) is 0 Å². The Morgan fingerprint density at radius 1 is 0.932 bits per heavy atom. The molecule has 1 atom stereocenters. The first-order valence-electron chi connectivity index (χ1n) is 14.3. The van der Waals surface area contributed by atoms with Crippen molar-refractivity contribution in [3.8, 4) is 17.3 Å². The van der Waals surface area contributed by atoms with E-state index >= 15 is 0 Å². The largest absolute Gasteiger partial charge is 0.481 e. The number of hydrogen-bond donors (Lipinski definition) is 1. The van der Waals surface area contributed by atoms with Crippen molar-refractivity contribution in [2.24, 2.45) is 0 Å². The van der Waals surface area contributed by atoms with Gasteiger partial charge in [0.05, 0.1) is 18.5 Å². The maximum atomic E-state index is 13.3. The number of carbonyl (C=O) groups is 1. The first-order valence-corrected chi connectivity index (χ1v) is 15.4. The van der Waals surface area contributed by atoms with Crippen molar-refractivity contribution < 1.29 is 18.7 Å². The van der Waals surface area contributed by atoms with Gasteiger partial charge in [0.25, 0.3) is 0 Å². The number of ether oxygens (including phenoxy) is 2. The van der Waals surface area contributed by atoms with Gasteiger partial charge in [0.1, 0.15) is 15.9 Å². The van der Waals surface area contributed by atoms with Gasteiger partial charge in [-0.3, -0.25) is 4.79 Å². The van der Waals surface area contributed by atoms with Crippen LogP contribution in [0.1, 0.15) is 43.4 Å². The molecule has 226 valence electrons. The van der Waals surface area contributed by atoms with Gasteiger partial charge in [-0.1, -0.05) is 91.0 Å². The highest BCUT2D eigenvalue weighted by molar-refractivity contribution is 14.1. The number of carbonyl (C=O) groups excluding carboxylic acids is 1. The van der Waals surface area contributed by atoms with Gasteiger partial charge in [-0.25, -0.2) is 9.78 Å². The molecular formula is C35H34IN3O5. The van der Waals surface area contributed by atoms with Crippen molar-refractivity contribution in [2.45, 2.75) is 51.5 Å². The molecule has 0 saturated heterocycles. The lowest BCUT2D eigenvalue weighted by Gasteiger charge is -2.31. The van der Waals surface area contributed by atoms with Gasteiger partial charge in [-0.15, -0.1) is 0 Å². The minimum absolute atomic E-state index is 0.0684. The van der Waals surface area contributed by atoms with E-state index in [-0.39, 0.29) is 36.0 Å². The van der Waals surface area contributed by atoms with Crippen LogP contribution in [0, 0.1) is 3.70 Å². The molecular weight excluding hydrogens is 669 g/mol. The molecule has 2 aromatic heterocycles. The molecule has 3 aromatic carbocycles. The summed E-state index contributed by atoms with van der Waals surface area (Å²) in [7, 11) is 0. The van der Waals surface area contributed by atoms with Gasteiger partial charge in [0, 0.05) is 18.5 Å². The van der Waals surface area contributed by atoms with E-state index in [0.717, 1.165) is 20.4 Å². The normalized spacial score (nSPS) is 12.1. The molecule has 5 rings (SSSR count). The third kappa shape index (κ3) is 7.76. The van der Waals surface area contributed by atoms with Gasteiger partial charge in [0.15, 0.2) is 5.82 Å². The summed E-state index contributed by atoms with van der Waals surface area (Å²) in [5.74, 6) is 0.445. The first-order chi connectivity index (χ1) is 21.2. The lowest BCUT2D eigenvalue weighted by Crippen LogP contribution is -2.45. The van der Waals surface area contributed by atoms with Crippen molar-refractivity contribution in [3.63, 3.8) is 0 Å². The molecule has 0 aliphatic carbocycles. The van der Waals surface area contributed by atoms with Crippen LogP contribution in [-0.2, 0) is 17.9 Å². The molecule has 2 heterocycles. The van der Waals surface area contributed by atoms with Crippen molar-refractivity contribution >= 4 is 28.7 Å². The highest BCUT2D eigenvalue weighted by atomic mass is 127. The van der Waals surface area contributed by atoms with Crippen molar-refractivity contribution in [3.05, 3.63) is 140 Å². The fraction of sp³-hybridized carbons (Fsp3) is 0.229. The quantitative estimate of drug-likeness (QED) is 0.152. The van der Waals surface area contributed by atoms with Crippen LogP contribution in [-0.4, -0.2) is 27.3 Å². The van der Waals surface area contributed by atoms with Gasteiger partial charge < -0.3 is 23.8 Å². The lowest BCUT2D eigenvalue weighted by molar-refractivity contribution is 0.0494. The molecule has 44 heavy (non-hydrogen) atoms. The summed E-state index contributed by atoms with van der Waals surface area (Å²) < 4.78 is 20.4. The van der Waals surface area contributed by atoms with Crippen LogP contribution < -0.4 is 15.5 Å². The molecule has 1 amide bonds. The molecule has 0 aliphatic heterocycles. The zero-order chi connectivity index (χ0) is 31.1. The minimum atomic E-state index is -0.684. The molecule has 0 saturated carbocycles. The van der Waals surface area contributed by atoms with E-state index in [1.54, 1.807) is 6.20 Å². The third-order valence-electron chi connectivity index (χ3n) is 6.87. The van der Waals surface area contributed by atoms with Crippen LogP contribution in [0.25, 0.3) is 11.6 Å². The van der Waals surface area contributed by atoms with Crippen LogP contribution in [0.2, 0.25) is 0 Å². The Kier molecular flexibility index (Phi) is 9.84. The fourth-order valence-electron chi connectivity index (χ4n) is 5.00. The second-order valence-electron chi connectivity index (χ2n) is 11.3. The molecule has 0 unspecified atom stereocenters. The van der Waals surface area contributed by atoms with E-state index in [1.165, 1.54) is 12.3 Å². The Morgan fingerprint density at radius 2 is 1.52 bits per heavy atom. The molecule has 9 heteroatoms. The topological polar surface area (TPSA) is 95.6 Å². The molecule has 0 radical (unpaired) electrons. The van der Waals surface area contributed by atoms with E-state index in [1.807, 2.05) is 116 Å². The monoisotopic (exact) mass is 703 g/mol. The van der Waals surface area contributed by atoms with Gasteiger partial charge in [-0.05, 0) is 60.1 Å². The van der Waals surface area contributed by atoms with E-state index in [9.17, 15) is 9.59 Å². The lowest BCUT2D eigenvalue weighted by atomic mass is 9.85. The van der Waals surface area contributed by atoms with Crippen LogP contribution in [0.3, 0.4) is 0 Å². The molecule has 8 nitrogen and oxygen atoms in total. The number of rotatable bonds is 10. The van der Waals surface area contributed by atoms with E-state index in [2.05, 4.69) is 32.9 Å². The zero-order valence-corrected chi connectivity index (χ0v) is 26.9. The molecule has 0 aliphatic rings. The summed E-state index contributed by atoms with van der Waals surface area (Å²) in [6, 6.07) is 30.5. The zero-order valence-electron chi connectivity index (χ0n) is 24.8. The summed E-state index contributed by atoms with van der Waals surface area (Å²) in [5.41, 5.74) is 1.96. The number of imidazole rings is 1. The summed E-state index contributed by atoms with van der Waals surface area (Å²) >= 11 is 2.20. The SMILES string of the molecule is CC(C)(C)OC(=O)N[C@H](Cn1c(I)cnc1-c1occc(=O)c1OCc1ccccc1)C(c1ccccc1)c1ccccc1. The molecule has 1 N–H and O–H groups in total. The number of aromatic nitrogens is 2. The first kappa shape index (κ1) is 31.1. The summed E-state index contributed by atoms with van der Waals surface area (Å²) in [6.45, 7) is 5.97. The predicted octanol–water partition coefficient (Wildman–Crippen LogP) is 7.41. The summed E-state index contributed by atoms with van der Waals surface area (Å²) in [6.07, 6.45) is 2.51. The smallest absolute Gasteiger partial charge is 0.407 e. The molecule has 0 bridgehead atoms. The van der Waals surface area contributed by atoms with Gasteiger partial charge >= 0.3 is 6.09 Å². The Balaban J connectivity index is 1.57. The van der Waals surface area contributed by atoms with E-state index < -0.39 is 17.7 Å². The molecule has 5 aromatic rings. The summed E-state index contributed by atoms with van der Waals surface area (Å²) in [5, 5.41) is 3.15.